The Kier molecular flexibility index (Phi) is 3.51. The minimum Gasteiger partial charge on any atom is -0.480 e. The van der Waals surface area contributed by atoms with Crippen molar-refractivity contribution in [3.8, 4) is 0 Å². The maximum Gasteiger partial charge on any atom is 0.411 e. The van der Waals surface area contributed by atoms with E-state index in [4.69, 9.17) is 14.2 Å². The van der Waals surface area contributed by atoms with Crippen molar-refractivity contribution >= 4 is 12.1 Å². The molecule has 0 aromatic carbocycles. The molecular weight excluding hydrogens is 254 g/mol. The highest BCUT2D eigenvalue weighted by Crippen LogP contribution is 2.37. The SMILES string of the molecule is C=CCOC(=O)N1C[C@H]2OC(C)(C)O[C@H]2[C@@H]1C(=O)O. The molecule has 2 rings (SSSR count). The van der Waals surface area contributed by atoms with E-state index in [1.165, 1.54) is 6.08 Å². The predicted octanol–water partition coefficient (Wildman–Crippen LogP) is 0.598. The summed E-state index contributed by atoms with van der Waals surface area (Å²) in [4.78, 5) is 24.3. The Labute approximate surface area is 110 Å². The fraction of sp³-hybridized carbons (Fsp3) is 0.667. The first kappa shape index (κ1) is 13.8. The van der Waals surface area contributed by atoms with Crippen LogP contribution in [0.3, 0.4) is 0 Å². The van der Waals surface area contributed by atoms with Crippen LogP contribution in [-0.2, 0) is 19.0 Å². The lowest BCUT2D eigenvalue weighted by Crippen LogP contribution is -2.47. The van der Waals surface area contributed by atoms with Crippen LogP contribution in [0.25, 0.3) is 0 Å². The van der Waals surface area contributed by atoms with Crippen LogP contribution in [0.4, 0.5) is 4.79 Å². The summed E-state index contributed by atoms with van der Waals surface area (Å²) in [6.07, 6.45) is -0.413. The fourth-order valence-corrected chi connectivity index (χ4v) is 2.43. The Morgan fingerprint density at radius 1 is 1.53 bits per heavy atom. The molecule has 7 heteroatoms. The Bertz CT molecular complexity index is 407. The van der Waals surface area contributed by atoms with Gasteiger partial charge in [-0.25, -0.2) is 9.59 Å². The number of nitrogens with zero attached hydrogens (tertiary/aromatic N) is 1. The van der Waals surface area contributed by atoms with Gasteiger partial charge in [-0.2, -0.15) is 0 Å². The Balaban J connectivity index is 2.13. The van der Waals surface area contributed by atoms with Crippen LogP contribution in [0, 0.1) is 0 Å². The largest absolute Gasteiger partial charge is 0.480 e. The van der Waals surface area contributed by atoms with Crippen molar-refractivity contribution in [2.45, 2.75) is 37.9 Å². The number of likely N-dealkylation sites (tertiary alicyclic amines) is 1. The number of hydrogen-bond acceptors (Lipinski definition) is 5. The van der Waals surface area contributed by atoms with E-state index in [-0.39, 0.29) is 13.2 Å². The summed E-state index contributed by atoms with van der Waals surface area (Å²) in [7, 11) is 0. The first-order chi connectivity index (χ1) is 8.85. The van der Waals surface area contributed by atoms with Crippen molar-refractivity contribution in [2.24, 2.45) is 0 Å². The van der Waals surface area contributed by atoms with Gasteiger partial charge in [0.2, 0.25) is 0 Å². The minimum atomic E-state index is -1.13. The molecule has 3 atom stereocenters. The molecular formula is C12H17NO6. The van der Waals surface area contributed by atoms with Crippen LogP contribution in [-0.4, -0.2) is 59.3 Å². The Morgan fingerprint density at radius 3 is 2.79 bits per heavy atom. The summed E-state index contributed by atoms with van der Waals surface area (Å²) >= 11 is 0. The number of carboxylic acid groups (broad SMARTS) is 1. The van der Waals surface area contributed by atoms with Gasteiger partial charge in [0.05, 0.1) is 6.54 Å². The quantitative estimate of drug-likeness (QED) is 0.756. The van der Waals surface area contributed by atoms with Crippen LogP contribution in [0.15, 0.2) is 12.7 Å². The molecule has 0 spiro atoms. The van der Waals surface area contributed by atoms with Crippen LogP contribution < -0.4 is 0 Å². The molecule has 2 heterocycles. The molecule has 0 aromatic heterocycles. The standard InChI is InChI=1S/C12H17NO6/c1-4-5-17-11(16)13-6-7-9(8(13)10(14)15)19-12(2,3)18-7/h4,7-9H,1,5-6H2,2-3H3,(H,14,15)/t7-,8-,9-/m1/s1. The van der Waals surface area contributed by atoms with Crippen LogP contribution in [0.5, 0.6) is 0 Å². The maximum absolute atomic E-state index is 11.8. The molecule has 0 saturated carbocycles. The minimum absolute atomic E-state index is 0.0320. The van der Waals surface area contributed by atoms with Crippen LogP contribution >= 0.6 is 0 Å². The Hall–Kier alpha value is -1.60. The summed E-state index contributed by atoms with van der Waals surface area (Å²) in [5.41, 5.74) is 0. The zero-order valence-corrected chi connectivity index (χ0v) is 10.9. The molecule has 19 heavy (non-hydrogen) atoms. The maximum atomic E-state index is 11.8. The molecule has 0 unspecified atom stereocenters. The van der Waals surface area contributed by atoms with Gasteiger partial charge < -0.3 is 19.3 Å². The van der Waals surface area contributed by atoms with Crippen LogP contribution in [0.2, 0.25) is 0 Å². The van der Waals surface area contributed by atoms with Crippen molar-refractivity contribution in [1.29, 1.82) is 0 Å². The number of carbonyl (C=O) groups excluding carboxylic acids is 1. The third kappa shape index (κ3) is 2.57. The number of carbonyl (C=O) groups is 2. The number of hydrogen-bond donors (Lipinski definition) is 1. The van der Waals surface area contributed by atoms with Crippen molar-refractivity contribution in [3.63, 3.8) is 0 Å². The fourth-order valence-electron chi connectivity index (χ4n) is 2.43. The van der Waals surface area contributed by atoms with Gasteiger partial charge >= 0.3 is 12.1 Å². The van der Waals surface area contributed by atoms with Crippen LogP contribution in [0.1, 0.15) is 13.8 Å². The molecule has 2 fully saturated rings. The van der Waals surface area contributed by atoms with Gasteiger partial charge in [-0.05, 0) is 13.8 Å². The summed E-state index contributed by atoms with van der Waals surface area (Å²) < 4.78 is 16.0. The van der Waals surface area contributed by atoms with Crippen molar-refractivity contribution in [1.82, 2.24) is 4.90 Å². The lowest BCUT2D eigenvalue weighted by atomic mass is 10.1. The zero-order chi connectivity index (χ0) is 14.2. The van der Waals surface area contributed by atoms with E-state index in [1.54, 1.807) is 13.8 Å². The van der Waals surface area contributed by atoms with E-state index in [0.29, 0.717) is 0 Å². The van der Waals surface area contributed by atoms with Crippen molar-refractivity contribution in [2.75, 3.05) is 13.2 Å². The molecule has 0 aromatic rings. The van der Waals surface area contributed by atoms with E-state index in [9.17, 15) is 14.7 Å². The number of fused-ring (bicyclic) bond motifs is 1. The average Bonchev–Trinajstić information content (AvgIpc) is 2.76. The zero-order valence-electron chi connectivity index (χ0n) is 10.9. The first-order valence-corrected chi connectivity index (χ1v) is 5.98. The van der Waals surface area contributed by atoms with E-state index >= 15 is 0 Å². The summed E-state index contributed by atoms with van der Waals surface area (Å²) in [6.45, 7) is 7.03. The molecule has 2 aliphatic heterocycles. The van der Waals surface area contributed by atoms with Gasteiger partial charge in [0, 0.05) is 0 Å². The third-order valence-corrected chi connectivity index (χ3v) is 3.06. The molecule has 1 N–H and O–H groups in total. The smallest absolute Gasteiger partial charge is 0.411 e. The van der Waals surface area contributed by atoms with Gasteiger partial charge in [-0.15, -0.1) is 0 Å². The number of carboxylic acids is 1. The second kappa shape index (κ2) is 4.82. The lowest BCUT2D eigenvalue weighted by molar-refractivity contribution is -0.168. The molecule has 1 amide bonds. The topological polar surface area (TPSA) is 85.3 Å². The van der Waals surface area contributed by atoms with Gasteiger partial charge in [0.25, 0.3) is 0 Å². The number of rotatable bonds is 3. The molecule has 0 bridgehead atoms. The van der Waals surface area contributed by atoms with Gasteiger partial charge in [0.1, 0.15) is 18.8 Å². The highest BCUT2D eigenvalue weighted by atomic mass is 16.8. The monoisotopic (exact) mass is 271 g/mol. The molecule has 2 saturated heterocycles. The summed E-state index contributed by atoms with van der Waals surface area (Å²) in [5.74, 6) is -1.97. The number of aliphatic carboxylic acids is 1. The lowest BCUT2D eigenvalue weighted by Gasteiger charge is -2.26. The number of ether oxygens (including phenoxy) is 3. The molecule has 0 aliphatic carbocycles. The summed E-state index contributed by atoms with van der Waals surface area (Å²) in [6, 6.07) is -1.09. The van der Waals surface area contributed by atoms with Crippen molar-refractivity contribution in [3.05, 3.63) is 12.7 Å². The second-order valence-electron chi connectivity index (χ2n) is 4.94. The summed E-state index contributed by atoms with van der Waals surface area (Å²) in [5, 5.41) is 9.27. The molecule has 106 valence electrons. The van der Waals surface area contributed by atoms with E-state index in [2.05, 4.69) is 6.58 Å². The van der Waals surface area contributed by atoms with Gasteiger partial charge in [0.15, 0.2) is 11.8 Å². The number of amides is 1. The average molecular weight is 271 g/mol. The normalized spacial score (nSPS) is 31.9. The Morgan fingerprint density at radius 2 is 2.21 bits per heavy atom. The molecule has 2 aliphatic rings. The van der Waals surface area contributed by atoms with E-state index < -0.39 is 36.1 Å². The highest BCUT2D eigenvalue weighted by Gasteiger charge is 2.57. The highest BCUT2D eigenvalue weighted by molar-refractivity contribution is 5.82. The first-order valence-electron chi connectivity index (χ1n) is 5.98. The molecule has 7 nitrogen and oxygen atoms in total. The van der Waals surface area contributed by atoms with Crippen molar-refractivity contribution < 1.29 is 28.9 Å². The van der Waals surface area contributed by atoms with Gasteiger partial charge in [-0.3, -0.25) is 4.90 Å². The van der Waals surface area contributed by atoms with E-state index in [0.717, 1.165) is 4.90 Å². The third-order valence-electron chi connectivity index (χ3n) is 3.06. The second-order valence-corrected chi connectivity index (χ2v) is 4.94. The predicted molar refractivity (Wildman–Crippen MR) is 63.5 cm³/mol. The van der Waals surface area contributed by atoms with E-state index in [1.807, 2.05) is 0 Å². The van der Waals surface area contributed by atoms with Gasteiger partial charge in [-0.1, -0.05) is 12.7 Å². The molecule has 0 radical (unpaired) electrons.